The molecule has 2 N–H and O–H groups in total. The van der Waals surface area contributed by atoms with Crippen LogP contribution in [0.25, 0.3) is 0 Å². The number of hydrogen-bond donors (Lipinski definition) is 2. The lowest BCUT2D eigenvalue weighted by Crippen LogP contribution is -2.53. The van der Waals surface area contributed by atoms with Crippen molar-refractivity contribution in [3.8, 4) is 5.75 Å². The lowest BCUT2D eigenvalue weighted by molar-refractivity contribution is -0.139. The van der Waals surface area contributed by atoms with Gasteiger partial charge in [0.1, 0.15) is 5.75 Å². The highest BCUT2D eigenvalue weighted by Gasteiger charge is 2.70. The van der Waals surface area contributed by atoms with Crippen molar-refractivity contribution >= 4 is 64.0 Å². The van der Waals surface area contributed by atoms with Crippen molar-refractivity contribution in [3.05, 3.63) is 123 Å². The largest absolute Gasteiger partial charge is 0.508 e. The third-order valence-corrected chi connectivity index (χ3v) is 13.1. The highest BCUT2D eigenvalue weighted by molar-refractivity contribution is 6.33. The number of phenolic OH excluding ortho intramolecular Hbond substituents is 1. The number of nitrogens with zero attached hydrogens (tertiary/aromatic N) is 4. The normalized spacial score (nSPS) is 26.8. The topological polar surface area (TPSA) is 132 Å². The Hall–Kier alpha value is -5.44. The summed E-state index contributed by atoms with van der Waals surface area (Å²) in [5, 5.41) is 11.3. The molecule has 3 aromatic carbocycles. The Morgan fingerprint density at radius 3 is 2.24 bits per heavy atom. The number of hydrogen-bond acceptors (Lipinski definition) is 9. The fourth-order valence-corrected chi connectivity index (χ4v) is 10.2. The summed E-state index contributed by atoms with van der Waals surface area (Å²) in [5.74, 6) is -6.97. The summed E-state index contributed by atoms with van der Waals surface area (Å²) in [6, 6.07) is 19.3. The van der Waals surface area contributed by atoms with Crippen LogP contribution < -0.4 is 15.2 Å². The fourth-order valence-electron chi connectivity index (χ4n) is 9.90. The quantitative estimate of drug-likeness (QED) is 0.150. The van der Waals surface area contributed by atoms with E-state index in [2.05, 4.69) is 15.3 Å². The molecule has 1 saturated carbocycles. The Morgan fingerprint density at radius 1 is 0.881 bits per heavy atom. The molecule has 3 aliphatic heterocycles. The zero-order valence-corrected chi connectivity index (χ0v) is 32.9. The molecule has 0 bridgehead atoms. The third-order valence-electron chi connectivity index (χ3n) is 12.6. The number of benzene rings is 3. The minimum absolute atomic E-state index is 0.00266. The zero-order chi connectivity index (χ0) is 41.5. The van der Waals surface area contributed by atoms with E-state index in [0.29, 0.717) is 71.5 Å². The number of fused-ring (bicyclic) bond motifs is 4. The average molecular weight is 847 g/mol. The fraction of sp³-hybridized carbons (Fsp3) is 0.326. The van der Waals surface area contributed by atoms with Crippen LogP contribution in [0, 0.1) is 30.6 Å². The Balaban J connectivity index is 1.16. The maximum Gasteiger partial charge on any atom is 0.417 e. The summed E-state index contributed by atoms with van der Waals surface area (Å²) < 4.78 is 46.1. The van der Waals surface area contributed by atoms with Crippen LogP contribution >= 0.6 is 23.2 Å². The number of anilines is 3. The van der Waals surface area contributed by atoms with E-state index in [9.17, 15) is 32.7 Å². The molecule has 0 spiro atoms. The molecular weight excluding hydrogens is 810 g/mol. The van der Waals surface area contributed by atoms with E-state index in [1.54, 1.807) is 55.5 Å². The molecule has 304 valence electrons. The van der Waals surface area contributed by atoms with Crippen LogP contribution in [0.4, 0.5) is 30.4 Å². The molecule has 11 nitrogen and oxygen atoms in total. The molecule has 0 unspecified atom stereocenters. The van der Waals surface area contributed by atoms with Gasteiger partial charge in [-0.3, -0.25) is 29.5 Å². The number of nitrogens with one attached hydrogen (secondary N) is 1. The number of morpholine rings is 1. The second kappa shape index (κ2) is 14.4. The number of aryl methyl sites for hydroxylation is 1. The Morgan fingerprint density at radius 2 is 1.58 bits per heavy atom. The van der Waals surface area contributed by atoms with Crippen molar-refractivity contribution < 1.29 is 42.2 Å². The van der Waals surface area contributed by atoms with Gasteiger partial charge in [0, 0.05) is 35.9 Å². The molecule has 0 radical (unpaired) electrons. The number of amides is 4. The van der Waals surface area contributed by atoms with E-state index in [1.807, 2.05) is 18.2 Å². The molecule has 16 heteroatoms. The summed E-state index contributed by atoms with van der Waals surface area (Å²) >= 11 is 12.6. The van der Waals surface area contributed by atoms with Gasteiger partial charge in [-0.1, -0.05) is 59.1 Å². The second-order valence-corrected chi connectivity index (χ2v) is 16.4. The highest BCUT2D eigenvalue weighted by atomic mass is 35.5. The molecule has 4 aromatic rings. The number of halogens is 5. The summed E-state index contributed by atoms with van der Waals surface area (Å²) in [6.07, 6.45) is -2.13. The Kier molecular flexibility index (Phi) is 9.52. The first-order valence-electron chi connectivity index (χ1n) is 19.1. The van der Waals surface area contributed by atoms with Crippen molar-refractivity contribution in [1.82, 2.24) is 9.99 Å². The smallest absolute Gasteiger partial charge is 0.417 e. The van der Waals surface area contributed by atoms with Gasteiger partial charge in [0.25, 0.3) is 11.8 Å². The van der Waals surface area contributed by atoms with Gasteiger partial charge in [0.15, 0.2) is 5.82 Å². The third kappa shape index (κ3) is 6.17. The summed E-state index contributed by atoms with van der Waals surface area (Å²) in [4.78, 5) is 66.5. The summed E-state index contributed by atoms with van der Waals surface area (Å²) in [6.45, 7) is 4.31. The second-order valence-electron chi connectivity index (χ2n) is 15.6. The monoisotopic (exact) mass is 845 g/mol. The van der Waals surface area contributed by atoms with Crippen LogP contribution in [0.5, 0.6) is 5.75 Å². The summed E-state index contributed by atoms with van der Waals surface area (Å²) in [5.41, 5.74) is 3.34. The number of alkyl halides is 3. The van der Waals surface area contributed by atoms with E-state index in [-0.39, 0.29) is 30.3 Å². The van der Waals surface area contributed by atoms with E-state index in [4.69, 9.17) is 27.9 Å². The molecule has 3 saturated heterocycles. The average Bonchev–Trinajstić information content (AvgIpc) is 3.60. The zero-order valence-electron chi connectivity index (χ0n) is 31.4. The highest BCUT2D eigenvalue weighted by Crippen LogP contribution is 2.64. The molecule has 2 aliphatic carbocycles. The molecular formula is C43H36Cl2F3N5O6. The minimum Gasteiger partial charge on any atom is -0.508 e. The van der Waals surface area contributed by atoms with Crippen molar-refractivity contribution in [2.45, 2.75) is 37.3 Å². The molecule has 6 atom stereocenters. The Labute approximate surface area is 346 Å². The van der Waals surface area contributed by atoms with Crippen molar-refractivity contribution in [3.63, 3.8) is 0 Å². The molecule has 4 amide bonds. The minimum atomic E-state index is -4.75. The van der Waals surface area contributed by atoms with Gasteiger partial charge in [-0.25, -0.2) is 4.98 Å². The van der Waals surface area contributed by atoms with Crippen molar-refractivity contribution in [2.75, 3.05) is 41.5 Å². The van der Waals surface area contributed by atoms with E-state index in [1.165, 1.54) is 11.0 Å². The lowest BCUT2D eigenvalue weighted by Gasteiger charge is -2.50. The van der Waals surface area contributed by atoms with E-state index >= 15 is 4.79 Å². The molecule has 5 aliphatic rings. The number of pyridine rings is 1. The van der Waals surface area contributed by atoms with Gasteiger partial charge in [-0.05, 0) is 90.9 Å². The standard InChI is InChI=1S/C43H36Cl2F3N5O6/c1-22-18-23(2-13-34(22)54)36-29-11-12-30-35(40(57)52(38(30)55)28-9-7-27(8-10-28)51-14-16-59-17-15-51)31(29)20-32-39(56)53(41(58)42(32,36)24-3-5-26(44)6-4-24)50-37-33(45)19-25(21-49-37)43(46,47)48/h2-11,13,18-19,21,30-32,35-36,54H,12,14-17,20H2,1H3,(H,49,50)/t30-,31+,32-,35-,36-,42+/m0/s1. The number of carbonyl (C=O) groups excluding carboxylic acids is 4. The maximum absolute atomic E-state index is 15.4. The first-order chi connectivity index (χ1) is 28.2. The van der Waals surface area contributed by atoms with Crippen LogP contribution in [-0.2, 0) is 35.5 Å². The number of phenols is 1. The number of ether oxygens (including phenoxy) is 1. The van der Waals surface area contributed by atoms with E-state index < -0.39 is 69.5 Å². The van der Waals surface area contributed by atoms with Gasteiger partial charge < -0.3 is 14.7 Å². The number of carbonyl (C=O) groups is 4. The number of rotatable bonds is 6. The SMILES string of the molecule is Cc1cc([C@H]2C3=CC[C@@H]4C(=O)N(c5ccc(N6CCOCC6)cc5)C(=O)[C@@H]4[C@@H]3C[C@H]3C(=O)N(Nc4ncc(C(F)(F)F)cc4Cl)C(=O)[C@@]23c2ccc(Cl)cc2)ccc1O. The lowest BCUT2D eigenvalue weighted by atomic mass is 9.49. The molecule has 4 fully saturated rings. The van der Waals surface area contributed by atoms with Gasteiger partial charge >= 0.3 is 6.18 Å². The first-order valence-corrected chi connectivity index (χ1v) is 19.9. The first kappa shape index (κ1) is 39.0. The molecule has 1 aromatic heterocycles. The van der Waals surface area contributed by atoms with Crippen LogP contribution in [0.1, 0.15) is 41.0 Å². The van der Waals surface area contributed by atoms with Gasteiger partial charge in [-0.15, -0.1) is 0 Å². The molecule has 59 heavy (non-hydrogen) atoms. The van der Waals surface area contributed by atoms with Crippen LogP contribution in [-0.4, -0.2) is 65.0 Å². The Bertz CT molecular complexity index is 2440. The molecule has 9 rings (SSSR count). The van der Waals surface area contributed by atoms with Crippen LogP contribution in [0.15, 0.2) is 90.6 Å². The number of allylic oxidation sites excluding steroid dienone is 2. The van der Waals surface area contributed by atoms with Crippen LogP contribution in [0.2, 0.25) is 10.0 Å². The summed E-state index contributed by atoms with van der Waals surface area (Å²) in [7, 11) is 0. The number of aromatic hydroxyl groups is 1. The predicted molar refractivity (Wildman–Crippen MR) is 212 cm³/mol. The number of imide groups is 2. The predicted octanol–water partition coefficient (Wildman–Crippen LogP) is 7.45. The number of aromatic nitrogens is 1. The number of hydrazine groups is 1. The van der Waals surface area contributed by atoms with Gasteiger partial charge in [-0.2, -0.15) is 18.2 Å². The molecule has 4 heterocycles. The maximum atomic E-state index is 15.4. The van der Waals surface area contributed by atoms with Crippen molar-refractivity contribution in [2.24, 2.45) is 23.7 Å². The van der Waals surface area contributed by atoms with Crippen LogP contribution in [0.3, 0.4) is 0 Å². The van der Waals surface area contributed by atoms with E-state index in [0.717, 1.165) is 10.7 Å². The van der Waals surface area contributed by atoms with Gasteiger partial charge in [0.05, 0.1) is 52.7 Å². The van der Waals surface area contributed by atoms with Crippen molar-refractivity contribution in [1.29, 1.82) is 0 Å². The van der Waals surface area contributed by atoms with Gasteiger partial charge in [0.2, 0.25) is 11.8 Å².